The molecule has 29 heavy (non-hydrogen) atoms. The molecule has 9 heteroatoms. The van der Waals surface area contributed by atoms with Crippen LogP contribution in [0, 0.1) is 0 Å². The second kappa shape index (κ2) is 10.1. The molecule has 2 heterocycles. The van der Waals surface area contributed by atoms with Crippen LogP contribution in [0.15, 0.2) is 29.4 Å². The van der Waals surface area contributed by atoms with Crippen molar-refractivity contribution in [1.82, 2.24) is 30.1 Å². The molecule has 2 N–H and O–H groups in total. The van der Waals surface area contributed by atoms with Crippen molar-refractivity contribution in [2.75, 3.05) is 20.1 Å². The summed E-state index contributed by atoms with van der Waals surface area (Å²) in [6.07, 6.45) is 2.42. The van der Waals surface area contributed by atoms with Gasteiger partial charge in [-0.3, -0.25) is 9.39 Å². The quantitative estimate of drug-likeness (QED) is 0.419. The minimum absolute atomic E-state index is 0.0727. The summed E-state index contributed by atoms with van der Waals surface area (Å²) in [6.45, 7) is 11.4. The van der Waals surface area contributed by atoms with Crippen molar-refractivity contribution in [3.8, 4) is 0 Å². The van der Waals surface area contributed by atoms with E-state index < -0.39 is 5.60 Å². The predicted molar refractivity (Wildman–Crippen MR) is 114 cm³/mol. The highest BCUT2D eigenvalue weighted by Gasteiger charge is 2.23. The van der Waals surface area contributed by atoms with Crippen molar-refractivity contribution in [2.24, 2.45) is 4.99 Å². The number of aromatic nitrogens is 3. The fourth-order valence-corrected chi connectivity index (χ4v) is 2.73. The summed E-state index contributed by atoms with van der Waals surface area (Å²) in [5.41, 5.74) is 0.309. The van der Waals surface area contributed by atoms with Gasteiger partial charge in [0.1, 0.15) is 5.60 Å². The molecule has 0 spiro atoms. The number of nitrogens with one attached hydrogen (secondary N) is 2. The number of carbonyl (C=O) groups is 1. The number of amides is 1. The zero-order valence-electron chi connectivity index (χ0n) is 18.3. The Balaban J connectivity index is 1.79. The number of nitrogens with zero attached hydrogens (tertiary/aromatic N) is 5. The molecule has 2 aromatic rings. The SMILES string of the molecule is CN=C(NCCCN(C(=O)OC(C)(C)C)C(C)C)NCc1nnc2ccccn12. The molecule has 0 radical (unpaired) electrons. The van der Waals surface area contributed by atoms with Gasteiger partial charge in [0.2, 0.25) is 0 Å². The highest BCUT2D eigenvalue weighted by Crippen LogP contribution is 2.12. The minimum Gasteiger partial charge on any atom is -0.444 e. The van der Waals surface area contributed by atoms with Gasteiger partial charge in [0, 0.05) is 32.4 Å². The molecule has 0 saturated heterocycles. The maximum atomic E-state index is 12.4. The first-order valence-corrected chi connectivity index (χ1v) is 9.94. The van der Waals surface area contributed by atoms with Crippen LogP contribution < -0.4 is 10.6 Å². The molecule has 2 rings (SSSR count). The topological polar surface area (TPSA) is 96.2 Å². The van der Waals surface area contributed by atoms with Gasteiger partial charge in [0.15, 0.2) is 17.4 Å². The van der Waals surface area contributed by atoms with E-state index in [1.165, 1.54) is 0 Å². The van der Waals surface area contributed by atoms with E-state index in [2.05, 4.69) is 25.8 Å². The molecule has 2 aromatic heterocycles. The Morgan fingerprint density at radius 3 is 2.69 bits per heavy atom. The first kappa shape index (κ1) is 22.4. The number of ether oxygens (including phenoxy) is 1. The Kier molecular flexibility index (Phi) is 7.81. The second-order valence-corrected chi connectivity index (χ2v) is 8.02. The lowest BCUT2D eigenvalue weighted by Crippen LogP contribution is -2.43. The van der Waals surface area contributed by atoms with Crippen LogP contribution in [0.25, 0.3) is 5.65 Å². The van der Waals surface area contributed by atoms with Crippen LogP contribution in [0.4, 0.5) is 4.79 Å². The third-order valence-electron chi connectivity index (χ3n) is 4.14. The number of pyridine rings is 1. The molecule has 160 valence electrons. The highest BCUT2D eigenvalue weighted by molar-refractivity contribution is 5.79. The summed E-state index contributed by atoms with van der Waals surface area (Å²) < 4.78 is 7.42. The van der Waals surface area contributed by atoms with E-state index in [9.17, 15) is 4.79 Å². The molecule has 0 atom stereocenters. The normalized spacial score (nSPS) is 12.3. The van der Waals surface area contributed by atoms with Crippen molar-refractivity contribution in [2.45, 2.75) is 59.2 Å². The van der Waals surface area contributed by atoms with Crippen molar-refractivity contribution in [3.05, 3.63) is 30.2 Å². The molecule has 0 saturated carbocycles. The average Bonchev–Trinajstić information content (AvgIpc) is 3.05. The van der Waals surface area contributed by atoms with Crippen molar-refractivity contribution in [3.63, 3.8) is 0 Å². The van der Waals surface area contributed by atoms with Crippen molar-refractivity contribution in [1.29, 1.82) is 0 Å². The summed E-state index contributed by atoms with van der Waals surface area (Å²) >= 11 is 0. The number of hydrogen-bond acceptors (Lipinski definition) is 5. The monoisotopic (exact) mass is 403 g/mol. The predicted octanol–water partition coefficient (Wildman–Crippen LogP) is 2.43. The van der Waals surface area contributed by atoms with Crippen LogP contribution in [0.1, 0.15) is 46.9 Å². The second-order valence-electron chi connectivity index (χ2n) is 8.02. The number of carbonyl (C=O) groups excluding carboxylic acids is 1. The zero-order valence-corrected chi connectivity index (χ0v) is 18.3. The van der Waals surface area contributed by atoms with E-state index in [-0.39, 0.29) is 12.1 Å². The highest BCUT2D eigenvalue weighted by atomic mass is 16.6. The third-order valence-corrected chi connectivity index (χ3v) is 4.14. The number of guanidine groups is 1. The van der Waals surface area contributed by atoms with E-state index in [1.807, 2.05) is 63.4 Å². The summed E-state index contributed by atoms with van der Waals surface area (Å²) in [5, 5.41) is 14.8. The maximum Gasteiger partial charge on any atom is 0.410 e. The smallest absolute Gasteiger partial charge is 0.410 e. The van der Waals surface area contributed by atoms with Crippen LogP contribution in [-0.4, -0.2) is 63.3 Å². The minimum atomic E-state index is -0.500. The lowest BCUT2D eigenvalue weighted by atomic mass is 10.2. The Labute approximate surface area is 172 Å². The van der Waals surface area contributed by atoms with E-state index in [0.29, 0.717) is 25.6 Å². The summed E-state index contributed by atoms with van der Waals surface area (Å²) in [4.78, 5) is 18.3. The number of hydrogen-bond donors (Lipinski definition) is 2. The molecule has 0 bridgehead atoms. The Hall–Kier alpha value is -2.84. The molecule has 0 aromatic carbocycles. The van der Waals surface area contributed by atoms with Crippen molar-refractivity contribution < 1.29 is 9.53 Å². The van der Waals surface area contributed by atoms with Crippen LogP contribution in [0.5, 0.6) is 0 Å². The van der Waals surface area contributed by atoms with Gasteiger partial charge in [0.05, 0.1) is 6.54 Å². The summed E-state index contributed by atoms with van der Waals surface area (Å²) in [7, 11) is 1.72. The van der Waals surface area contributed by atoms with Gasteiger partial charge >= 0.3 is 6.09 Å². The Morgan fingerprint density at radius 1 is 1.28 bits per heavy atom. The Bertz CT molecular complexity index is 824. The lowest BCUT2D eigenvalue weighted by molar-refractivity contribution is 0.0190. The van der Waals surface area contributed by atoms with Gasteiger partial charge in [-0.15, -0.1) is 10.2 Å². The van der Waals surface area contributed by atoms with Gasteiger partial charge in [-0.05, 0) is 53.2 Å². The zero-order chi connectivity index (χ0) is 21.4. The van der Waals surface area contributed by atoms with E-state index in [1.54, 1.807) is 11.9 Å². The third kappa shape index (κ3) is 6.92. The molecule has 0 fully saturated rings. The van der Waals surface area contributed by atoms with Crippen LogP contribution >= 0.6 is 0 Å². The van der Waals surface area contributed by atoms with E-state index in [4.69, 9.17) is 4.74 Å². The van der Waals surface area contributed by atoms with E-state index in [0.717, 1.165) is 17.9 Å². The fraction of sp³-hybridized carbons (Fsp3) is 0.600. The molecule has 1 amide bonds. The standard InChI is InChI=1S/C20H33N7O2/c1-15(2)26(19(28)29-20(3,4)5)13-9-11-22-18(21-6)23-14-17-25-24-16-10-7-8-12-27(16)17/h7-8,10,12,15H,9,11,13-14H2,1-6H3,(H2,21,22,23). The largest absolute Gasteiger partial charge is 0.444 e. The van der Waals surface area contributed by atoms with Crippen LogP contribution in [0.3, 0.4) is 0 Å². The van der Waals surface area contributed by atoms with Crippen LogP contribution in [-0.2, 0) is 11.3 Å². The maximum absolute atomic E-state index is 12.4. The molecule has 0 aliphatic rings. The van der Waals surface area contributed by atoms with Gasteiger partial charge in [0.25, 0.3) is 0 Å². The number of aliphatic imine (C=N–C) groups is 1. The summed E-state index contributed by atoms with van der Waals surface area (Å²) in [5.74, 6) is 1.48. The first-order valence-electron chi connectivity index (χ1n) is 9.94. The van der Waals surface area contributed by atoms with Crippen molar-refractivity contribution >= 4 is 17.7 Å². The molecule has 0 unspecified atom stereocenters. The first-order chi connectivity index (χ1) is 13.7. The molecule has 0 aliphatic heterocycles. The molecule has 0 aliphatic carbocycles. The lowest BCUT2D eigenvalue weighted by Gasteiger charge is -2.30. The molecule has 9 nitrogen and oxygen atoms in total. The van der Waals surface area contributed by atoms with E-state index >= 15 is 0 Å². The van der Waals surface area contributed by atoms with Gasteiger partial charge < -0.3 is 20.3 Å². The number of fused-ring (bicyclic) bond motifs is 1. The van der Waals surface area contributed by atoms with Gasteiger partial charge in [-0.2, -0.15) is 0 Å². The molecular formula is C20H33N7O2. The van der Waals surface area contributed by atoms with Gasteiger partial charge in [-0.1, -0.05) is 6.07 Å². The molecular weight excluding hydrogens is 370 g/mol. The van der Waals surface area contributed by atoms with Crippen LogP contribution in [0.2, 0.25) is 0 Å². The average molecular weight is 404 g/mol. The fourth-order valence-electron chi connectivity index (χ4n) is 2.73. The number of rotatable bonds is 7. The Morgan fingerprint density at radius 2 is 2.03 bits per heavy atom. The summed E-state index contributed by atoms with van der Waals surface area (Å²) in [6, 6.07) is 5.86. The van der Waals surface area contributed by atoms with Gasteiger partial charge in [-0.25, -0.2) is 4.79 Å².